The van der Waals surface area contributed by atoms with Crippen molar-refractivity contribution in [2.75, 3.05) is 0 Å². The van der Waals surface area contributed by atoms with E-state index in [9.17, 15) is 18.0 Å². The lowest BCUT2D eigenvalue weighted by molar-refractivity contribution is -0.192. The molecule has 0 radical (unpaired) electrons. The smallest absolute Gasteiger partial charge is 0.475 e. The number of aliphatic carboxylic acids is 1. The number of hydrogen-bond donors (Lipinski definition) is 3. The minimum absolute atomic E-state index is 0.236. The van der Waals surface area contributed by atoms with E-state index in [0.29, 0.717) is 6.54 Å². The van der Waals surface area contributed by atoms with Gasteiger partial charge in [0.15, 0.2) is 0 Å². The summed E-state index contributed by atoms with van der Waals surface area (Å²) < 4.78 is 31.7. The van der Waals surface area contributed by atoms with Crippen molar-refractivity contribution in [2.45, 2.75) is 19.6 Å². The third kappa shape index (κ3) is 9.85. The third-order valence-corrected chi connectivity index (χ3v) is 1.63. The Labute approximate surface area is 112 Å². The van der Waals surface area contributed by atoms with Crippen molar-refractivity contribution < 1.29 is 32.8 Å². The Morgan fingerprint density at radius 2 is 1.75 bits per heavy atom. The molecule has 0 bridgehead atoms. The molecule has 0 spiro atoms. The minimum Gasteiger partial charge on any atom is -0.475 e. The van der Waals surface area contributed by atoms with Gasteiger partial charge in [-0.2, -0.15) is 23.6 Å². The van der Waals surface area contributed by atoms with Crippen LogP contribution in [0.25, 0.3) is 0 Å². The standard InChI is InChI=1S/C9H12N2O2.C2HF3O2/c1-8(12)11-13-10-7-9-5-3-2-4-6-9;3-2(4,5)1(6)7/h2-6,10H,7H2,1H3,(H,11,12);(H,6,7). The van der Waals surface area contributed by atoms with Crippen molar-refractivity contribution in [1.82, 2.24) is 11.0 Å². The second-order valence-corrected chi connectivity index (χ2v) is 3.37. The van der Waals surface area contributed by atoms with Crippen molar-refractivity contribution in [1.29, 1.82) is 0 Å². The molecule has 1 aromatic carbocycles. The number of benzene rings is 1. The van der Waals surface area contributed by atoms with Crippen LogP contribution < -0.4 is 11.0 Å². The molecule has 3 N–H and O–H groups in total. The molecule has 0 saturated heterocycles. The Balaban J connectivity index is 0.000000441. The van der Waals surface area contributed by atoms with Crippen molar-refractivity contribution in [3.63, 3.8) is 0 Å². The maximum Gasteiger partial charge on any atom is 0.490 e. The summed E-state index contributed by atoms with van der Waals surface area (Å²) in [4.78, 5) is 23.9. The molecule has 0 aliphatic carbocycles. The first-order valence-electron chi connectivity index (χ1n) is 5.22. The number of halogens is 3. The number of alkyl halides is 3. The molecule has 1 amide bonds. The summed E-state index contributed by atoms with van der Waals surface area (Å²) in [7, 11) is 0. The van der Waals surface area contributed by atoms with Crippen molar-refractivity contribution in [3.8, 4) is 0 Å². The lowest BCUT2D eigenvalue weighted by atomic mass is 10.2. The van der Waals surface area contributed by atoms with Gasteiger partial charge in [-0.3, -0.25) is 4.79 Å². The molecule has 6 nitrogen and oxygen atoms in total. The number of hydrogen-bond acceptors (Lipinski definition) is 4. The average Bonchev–Trinajstić information content (AvgIpc) is 2.35. The van der Waals surface area contributed by atoms with E-state index in [2.05, 4.69) is 15.9 Å². The Hall–Kier alpha value is -2.13. The number of hydroxylamine groups is 2. The molecule has 0 atom stereocenters. The van der Waals surface area contributed by atoms with Crippen LogP contribution in [-0.4, -0.2) is 23.2 Å². The highest BCUT2D eigenvalue weighted by Crippen LogP contribution is 2.13. The van der Waals surface area contributed by atoms with E-state index in [1.807, 2.05) is 30.3 Å². The lowest BCUT2D eigenvalue weighted by Gasteiger charge is -2.04. The predicted molar refractivity (Wildman–Crippen MR) is 61.9 cm³/mol. The van der Waals surface area contributed by atoms with Crippen molar-refractivity contribution in [2.24, 2.45) is 0 Å². The topological polar surface area (TPSA) is 87.7 Å². The van der Waals surface area contributed by atoms with Crippen LogP contribution >= 0.6 is 0 Å². The van der Waals surface area contributed by atoms with Crippen LogP contribution in [0, 0.1) is 0 Å². The highest BCUT2D eigenvalue weighted by Gasteiger charge is 2.38. The zero-order chi connectivity index (χ0) is 15.6. The van der Waals surface area contributed by atoms with Crippen LogP contribution in [-0.2, 0) is 21.1 Å². The summed E-state index contributed by atoms with van der Waals surface area (Å²) in [6.07, 6.45) is -5.08. The normalized spacial score (nSPS) is 10.2. The molecule has 9 heteroatoms. The number of carboxylic acids is 1. The zero-order valence-corrected chi connectivity index (χ0v) is 10.4. The highest BCUT2D eigenvalue weighted by molar-refractivity contribution is 5.73. The molecule has 1 rings (SSSR count). The molecule has 0 unspecified atom stereocenters. The molecule has 0 heterocycles. The van der Waals surface area contributed by atoms with Crippen LogP contribution in [0.2, 0.25) is 0 Å². The quantitative estimate of drug-likeness (QED) is 0.577. The molecular formula is C11H13F3N2O4. The van der Waals surface area contributed by atoms with Gasteiger partial charge in [-0.05, 0) is 5.56 Å². The molecule has 0 aliphatic rings. The fraction of sp³-hybridized carbons (Fsp3) is 0.273. The Bertz CT molecular complexity index is 423. The van der Waals surface area contributed by atoms with Gasteiger partial charge in [-0.25, -0.2) is 10.3 Å². The van der Waals surface area contributed by atoms with E-state index in [-0.39, 0.29) is 5.91 Å². The van der Waals surface area contributed by atoms with Gasteiger partial charge < -0.3 is 5.11 Å². The van der Waals surface area contributed by atoms with Gasteiger partial charge in [-0.1, -0.05) is 30.3 Å². The number of carbonyl (C=O) groups excluding carboxylic acids is 1. The Morgan fingerprint density at radius 3 is 2.15 bits per heavy atom. The zero-order valence-electron chi connectivity index (χ0n) is 10.4. The van der Waals surface area contributed by atoms with Gasteiger partial charge in [0, 0.05) is 13.5 Å². The SMILES string of the molecule is CC(=O)NONCc1ccccc1.O=C(O)C(F)(F)F. The fourth-order valence-corrected chi connectivity index (χ4v) is 0.823. The van der Waals surface area contributed by atoms with Crippen LogP contribution in [0.3, 0.4) is 0 Å². The summed E-state index contributed by atoms with van der Waals surface area (Å²) in [5.74, 6) is -2.99. The molecule has 0 aromatic heterocycles. The number of nitrogens with one attached hydrogen (secondary N) is 2. The van der Waals surface area contributed by atoms with Gasteiger partial charge >= 0.3 is 12.1 Å². The number of rotatable bonds is 4. The molecule has 0 fully saturated rings. The van der Waals surface area contributed by atoms with Crippen LogP contribution in [0.5, 0.6) is 0 Å². The highest BCUT2D eigenvalue weighted by atomic mass is 19.4. The first-order valence-corrected chi connectivity index (χ1v) is 5.22. The van der Waals surface area contributed by atoms with E-state index in [1.54, 1.807) is 0 Å². The monoisotopic (exact) mass is 294 g/mol. The summed E-state index contributed by atoms with van der Waals surface area (Å²) in [5.41, 5.74) is 5.86. The van der Waals surface area contributed by atoms with Crippen LogP contribution in [0.4, 0.5) is 13.2 Å². The minimum atomic E-state index is -5.08. The molecule has 0 aliphatic heterocycles. The van der Waals surface area contributed by atoms with Gasteiger partial charge in [0.1, 0.15) is 0 Å². The third-order valence-electron chi connectivity index (χ3n) is 1.63. The van der Waals surface area contributed by atoms with Crippen LogP contribution in [0.1, 0.15) is 12.5 Å². The lowest BCUT2D eigenvalue weighted by Crippen LogP contribution is -2.28. The first-order chi connectivity index (χ1) is 9.23. The first kappa shape index (κ1) is 17.9. The van der Waals surface area contributed by atoms with E-state index in [0.717, 1.165) is 5.56 Å². The summed E-state index contributed by atoms with van der Waals surface area (Å²) in [6, 6.07) is 9.75. The fourth-order valence-electron chi connectivity index (χ4n) is 0.823. The summed E-state index contributed by atoms with van der Waals surface area (Å²) >= 11 is 0. The molecular weight excluding hydrogens is 281 g/mol. The Morgan fingerprint density at radius 1 is 1.25 bits per heavy atom. The van der Waals surface area contributed by atoms with Gasteiger partial charge in [0.25, 0.3) is 0 Å². The van der Waals surface area contributed by atoms with Gasteiger partial charge in [0.2, 0.25) is 5.91 Å². The van der Waals surface area contributed by atoms with E-state index >= 15 is 0 Å². The summed E-state index contributed by atoms with van der Waals surface area (Å²) in [5, 5.41) is 7.12. The molecule has 1 aromatic rings. The van der Waals surface area contributed by atoms with E-state index in [4.69, 9.17) is 9.90 Å². The summed E-state index contributed by atoms with van der Waals surface area (Å²) in [6.45, 7) is 1.94. The van der Waals surface area contributed by atoms with E-state index in [1.165, 1.54) is 6.92 Å². The largest absolute Gasteiger partial charge is 0.490 e. The number of carboxylic acid groups (broad SMARTS) is 1. The average molecular weight is 294 g/mol. The van der Waals surface area contributed by atoms with Crippen molar-refractivity contribution >= 4 is 11.9 Å². The number of amides is 1. The van der Waals surface area contributed by atoms with Crippen LogP contribution in [0.15, 0.2) is 30.3 Å². The number of carbonyl (C=O) groups is 2. The Kier molecular flexibility index (Phi) is 7.94. The molecule has 20 heavy (non-hydrogen) atoms. The second kappa shape index (κ2) is 8.88. The second-order valence-electron chi connectivity index (χ2n) is 3.37. The van der Waals surface area contributed by atoms with Gasteiger partial charge in [-0.15, -0.1) is 0 Å². The maximum atomic E-state index is 10.6. The van der Waals surface area contributed by atoms with Crippen molar-refractivity contribution in [3.05, 3.63) is 35.9 Å². The predicted octanol–water partition coefficient (Wildman–Crippen LogP) is 1.39. The maximum absolute atomic E-state index is 10.6. The van der Waals surface area contributed by atoms with E-state index < -0.39 is 12.1 Å². The molecule has 112 valence electrons. The molecule has 0 saturated carbocycles. The van der Waals surface area contributed by atoms with Gasteiger partial charge in [0.05, 0.1) is 0 Å².